The van der Waals surface area contributed by atoms with E-state index in [0.29, 0.717) is 5.95 Å². The maximum absolute atomic E-state index is 10.5. The van der Waals surface area contributed by atoms with Gasteiger partial charge in [-0.05, 0) is 18.2 Å². The minimum absolute atomic E-state index is 0.165. The number of furan rings is 1. The third kappa shape index (κ3) is 2.87. The maximum Gasteiger partial charge on any atom is 0.294 e. The lowest BCUT2D eigenvalue weighted by atomic mass is 9.89. The molecule has 136 valence electrons. The second kappa shape index (κ2) is 6.78. The summed E-state index contributed by atoms with van der Waals surface area (Å²) in [6.45, 7) is 0. The number of fused-ring (bicyclic) bond motifs is 1. The Balaban J connectivity index is 1.66. The van der Waals surface area contributed by atoms with Crippen molar-refractivity contribution in [3.63, 3.8) is 0 Å². The van der Waals surface area contributed by atoms with E-state index in [1.807, 2.05) is 91.0 Å². The van der Waals surface area contributed by atoms with E-state index >= 15 is 0 Å². The molecule has 1 aliphatic heterocycles. The lowest BCUT2D eigenvalue weighted by Crippen LogP contribution is -2.08. The fourth-order valence-electron chi connectivity index (χ4n) is 3.57. The van der Waals surface area contributed by atoms with Crippen LogP contribution in [0.3, 0.4) is 0 Å². The Kier molecular flexibility index (Phi) is 3.99. The van der Waals surface area contributed by atoms with Gasteiger partial charge in [0, 0.05) is 28.2 Å². The smallest absolute Gasteiger partial charge is 0.294 e. The summed E-state index contributed by atoms with van der Waals surface area (Å²) in [4.78, 5) is 0. The van der Waals surface area contributed by atoms with Gasteiger partial charge in [0.1, 0.15) is 17.3 Å². The predicted molar refractivity (Wildman–Crippen MR) is 109 cm³/mol. The highest BCUT2D eigenvalue weighted by Crippen LogP contribution is 2.46. The van der Waals surface area contributed by atoms with E-state index in [9.17, 15) is 5.11 Å². The Morgan fingerprint density at radius 1 is 0.679 bits per heavy atom. The minimum Gasteiger partial charge on any atom is -0.508 e. The molecule has 1 N–H and O–H groups in total. The van der Waals surface area contributed by atoms with Gasteiger partial charge in [0.25, 0.3) is 5.95 Å². The third-order valence-electron chi connectivity index (χ3n) is 4.97. The van der Waals surface area contributed by atoms with Gasteiger partial charge in [-0.1, -0.05) is 78.9 Å². The molecule has 0 aliphatic carbocycles. The van der Waals surface area contributed by atoms with Crippen LogP contribution in [-0.2, 0) is 0 Å². The van der Waals surface area contributed by atoms with Crippen LogP contribution in [0.15, 0.2) is 101 Å². The summed E-state index contributed by atoms with van der Waals surface area (Å²) in [5.41, 5.74) is 3.67. The molecule has 5 rings (SSSR count). The molecule has 0 saturated heterocycles. The first-order valence-electron chi connectivity index (χ1n) is 9.22. The number of benzene rings is 3. The molecule has 1 aliphatic rings. The molecule has 28 heavy (non-hydrogen) atoms. The Labute approximate surface area is 163 Å². The molecule has 1 atom stereocenters. The van der Waals surface area contributed by atoms with Crippen LogP contribution in [0.2, 0.25) is 0 Å². The van der Waals surface area contributed by atoms with Crippen LogP contribution in [0.4, 0.5) is 0 Å². The molecule has 3 aromatic carbocycles. The zero-order valence-electron chi connectivity index (χ0n) is 15.1. The average molecular weight is 366 g/mol. The van der Waals surface area contributed by atoms with Crippen molar-refractivity contribution in [1.29, 1.82) is 0 Å². The van der Waals surface area contributed by atoms with Gasteiger partial charge in [-0.3, -0.25) is 0 Å². The maximum atomic E-state index is 10.5. The van der Waals surface area contributed by atoms with Crippen LogP contribution in [0.1, 0.15) is 22.6 Å². The highest BCUT2D eigenvalue weighted by atomic mass is 16.6. The van der Waals surface area contributed by atoms with Gasteiger partial charge in [-0.2, -0.15) is 0 Å². The lowest BCUT2D eigenvalue weighted by molar-refractivity contribution is 0.356. The molecule has 2 heterocycles. The van der Waals surface area contributed by atoms with Crippen molar-refractivity contribution in [1.82, 2.24) is 0 Å². The number of aromatic hydroxyl groups is 1. The van der Waals surface area contributed by atoms with Crippen LogP contribution in [-0.4, -0.2) is 5.11 Å². The van der Waals surface area contributed by atoms with E-state index in [0.717, 1.165) is 33.8 Å². The SMILES string of the molecule is Oc1ccccc1C1C=C(c2ccccc2)Oc2oc(-c3ccccc3)cc21. The van der Waals surface area contributed by atoms with Crippen LogP contribution >= 0.6 is 0 Å². The number of phenolic OH excluding ortho intramolecular Hbond substituents is 1. The van der Waals surface area contributed by atoms with Crippen molar-refractivity contribution in [3.05, 3.63) is 114 Å². The number of phenols is 1. The highest BCUT2D eigenvalue weighted by Gasteiger charge is 2.30. The van der Waals surface area contributed by atoms with Crippen LogP contribution in [0.5, 0.6) is 11.7 Å². The van der Waals surface area contributed by atoms with Crippen LogP contribution < -0.4 is 4.74 Å². The van der Waals surface area contributed by atoms with Crippen molar-refractivity contribution in [2.45, 2.75) is 5.92 Å². The Hall–Kier alpha value is -3.72. The third-order valence-corrected chi connectivity index (χ3v) is 4.97. The molecule has 0 amide bonds. The number of ether oxygens (including phenoxy) is 1. The second-order valence-corrected chi connectivity index (χ2v) is 6.75. The quantitative estimate of drug-likeness (QED) is 0.468. The van der Waals surface area contributed by atoms with E-state index in [4.69, 9.17) is 9.15 Å². The molecule has 3 heteroatoms. The van der Waals surface area contributed by atoms with Gasteiger partial charge in [-0.25, -0.2) is 0 Å². The fraction of sp³-hybridized carbons (Fsp3) is 0.0400. The molecule has 0 fully saturated rings. The fourth-order valence-corrected chi connectivity index (χ4v) is 3.57. The van der Waals surface area contributed by atoms with Gasteiger partial charge in [0.05, 0.1) is 0 Å². The average Bonchev–Trinajstić information content (AvgIpc) is 3.19. The summed E-state index contributed by atoms with van der Waals surface area (Å²) in [5.74, 6) is 2.02. The van der Waals surface area contributed by atoms with E-state index < -0.39 is 0 Å². The normalized spacial score (nSPS) is 15.4. The molecule has 1 unspecified atom stereocenters. The van der Waals surface area contributed by atoms with Gasteiger partial charge >= 0.3 is 0 Å². The van der Waals surface area contributed by atoms with E-state index in [2.05, 4.69) is 0 Å². The summed E-state index contributed by atoms with van der Waals surface area (Å²) < 4.78 is 12.2. The van der Waals surface area contributed by atoms with Crippen LogP contribution in [0, 0.1) is 0 Å². The molecular weight excluding hydrogens is 348 g/mol. The molecule has 3 nitrogen and oxygen atoms in total. The Morgan fingerprint density at radius 2 is 1.32 bits per heavy atom. The second-order valence-electron chi connectivity index (χ2n) is 6.75. The molecule has 1 aromatic heterocycles. The predicted octanol–water partition coefficient (Wildman–Crippen LogP) is 6.22. The van der Waals surface area contributed by atoms with Gasteiger partial charge < -0.3 is 14.3 Å². The van der Waals surface area contributed by atoms with Crippen molar-refractivity contribution < 1.29 is 14.3 Å². The Morgan fingerprint density at radius 3 is 2.04 bits per heavy atom. The van der Waals surface area contributed by atoms with Crippen molar-refractivity contribution in [2.75, 3.05) is 0 Å². The standard InChI is InChI=1S/C25H18O3/c26-22-14-8-7-13-19(22)20-15-23(17-9-3-1-4-10-17)27-25-21(20)16-24(28-25)18-11-5-2-6-12-18/h1-16,20,26H. The molecule has 4 aromatic rings. The van der Waals surface area contributed by atoms with E-state index in [-0.39, 0.29) is 11.7 Å². The van der Waals surface area contributed by atoms with E-state index in [1.54, 1.807) is 6.07 Å². The monoisotopic (exact) mass is 366 g/mol. The zero-order chi connectivity index (χ0) is 18.9. The van der Waals surface area contributed by atoms with Crippen molar-refractivity contribution in [2.24, 2.45) is 0 Å². The first-order chi connectivity index (χ1) is 13.8. The Bertz CT molecular complexity index is 1140. The number of rotatable bonds is 3. The van der Waals surface area contributed by atoms with Gasteiger partial charge in [0.2, 0.25) is 0 Å². The molecule has 0 saturated carbocycles. The first-order valence-corrected chi connectivity index (χ1v) is 9.22. The first kappa shape index (κ1) is 16.5. The van der Waals surface area contributed by atoms with Crippen molar-refractivity contribution in [3.8, 4) is 23.0 Å². The topological polar surface area (TPSA) is 42.6 Å². The molecule has 0 bridgehead atoms. The zero-order valence-corrected chi connectivity index (χ0v) is 15.1. The highest BCUT2D eigenvalue weighted by molar-refractivity contribution is 5.70. The summed E-state index contributed by atoms with van der Waals surface area (Å²) in [6, 6.07) is 29.3. The summed E-state index contributed by atoms with van der Waals surface area (Å²) in [6.07, 6.45) is 2.04. The lowest BCUT2D eigenvalue weighted by Gasteiger charge is -2.22. The number of hydrogen-bond donors (Lipinski definition) is 1. The van der Waals surface area contributed by atoms with Crippen LogP contribution in [0.25, 0.3) is 17.1 Å². The number of para-hydroxylation sites is 1. The molecule has 0 spiro atoms. The van der Waals surface area contributed by atoms with Gasteiger partial charge in [-0.15, -0.1) is 0 Å². The van der Waals surface area contributed by atoms with Crippen molar-refractivity contribution >= 4 is 5.76 Å². The largest absolute Gasteiger partial charge is 0.508 e. The van der Waals surface area contributed by atoms with Gasteiger partial charge in [0.15, 0.2) is 0 Å². The number of allylic oxidation sites excluding steroid dienone is 1. The summed E-state index contributed by atoms with van der Waals surface area (Å²) in [5, 5.41) is 10.5. The summed E-state index contributed by atoms with van der Waals surface area (Å²) in [7, 11) is 0. The molecule has 0 radical (unpaired) electrons. The minimum atomic E-state index is -0.165. The summed E-state index contributed by atoms with van der Waals surface area (Å²) >= 11 is 0. The van der Waals surface area contributed by atoms with E-state index in [1.165, 1.54) is 0 Å². The number of hydrogen-bond acceptors (Lipinski definition) is 3. The molecular formula is C25H18O3.